The number of hydrogen-bond acceptors (Lipinski definition) is 3. The zero-order valence-corrected chi connectivity index (χ0v) is 6.17. The van der Waals surface area contributed by atoms with Gasteiger partial charge in [0.05, 0.1) is 0 Å². The van der Waals surface area contributed by atoms with Gasteiger partial charge in [0, 0.05) is 0 Å². The lowest BCUT2D eigenvalue weighted by atomic mass is 9.86. The summed E-state index contributed by atoms with van der Waals surface area (Å²) < 4.78 is 0. The molecule has 0 rings (SSSR count). The van der Waals surface area contributed by atoms with Crippen molar-refractivity contribution in [2.24, 2.45) is 5.73 Å². The zero-order chi connectivity index (χ0) is 7.28. The van der Waals surface area contributed by atoms with Crippen molar-refractivity contribution < 1.29 is 5.02 Å². The minimum absolute atomic E-state index is 0.350. The second-order valence-electron chi connectivity index (χ2n) is 2.25. The van der Waals surface area contributed by atoms with Crippen molar-refractivity contribution >= 4 is 7.05 Å². The van der Waals surface area contributed by atoms with E-state index in [4.69, 9.17) is 10.8 Å². The molecule has 0 aliphatic heterocycles. The molecule has 0 aromatic heterocycles. The first-order valence-electron chi connectivity index (χ1n) is 3.27. The summed E-state index contributed by atoms with van der Waals surface area (Å²) in [5.74, 6) is 0. The summed E-state index contributed by atoms with van der Waals surface area (Å²) in [5.41, 5.74) is 5.27. The van der Waals surface area contributed by atoms with Gasteiger partial charge in [0.25, 0.3) is 0 Å². The molecule has 54 valence electrons. The lowest BCUT2D eigenvalue weighted by molar-refractivity contribution is 0.414. The van der Waals surface area contributed by atoms with Crippen molar-refractivity contribution in [1.82, 2.24) is 4.81 Å². The molecule has 0 saturated carbocycles. The molecule has 0 aliphatic rings. The Labute approximate surface area is 57.0 Å². The minimum atomic E-state index is -0.350. The van der Waals surface area contributed by atoms with Crippen LogP contribution in [0.4, 0.5) is 0 Å². The van der Waals surface area contributed by atoms with Gasteiger partial charge in [0.1, 0.15) is 0 Å². The predicted molar refractivity (Wildman–Crippen MR) is 40.1 cm³/mol. The van der Waals surface area contributed by atoms with Crippen LogP contribution < -0.4 is 5.73 Å². The van der Waals surface area contributed by atoms with Gasteiger partial charge < -0.3 is 15.6 Å². The van der Waals surface area contributed by atoms with Gasteiger partial charge in [-0.25, -0.2) is 0 Å². The van der Waals surface area contributed by atoms with E-state index in [0.29, 0.717) is 6.54 Å². The normalized spacial score (nSPS) is 10.3. The Kier molecular flexibility index (Phi) is 4.76. The molecule has 3 nitrogen and oxygen atoms in total. The summed E-state index contributed by atoms with van der Waals surface area (Å²) in [7, 11) is 1.52. The third-order valence-electron chi connectivity index (χ3n) is 1.35. The van der Waals surface area contributed by atoms with Crippen molar-refractivity contribution in [2.75, 3.05) is 20.1 Å². The Bertz CT molecular complexity index is 70.0. The number of nitrogens with zero attached hydrogens (tertiary/aromatic N) is 1. The SMILES string of the molecule is CB(O)N(C)CCCN. The molecule has 3 N–H and O–H groups in total. The minimum Gasteiger partial charge on any atom is -0.437 e. The molecule has 0 aliphatic carbocycles. The second-order valence-corrected chi connectivity index (χ2v) is 2.25. The first-order valence-corrected chi connectivity index (χ1v) is 3.27. The van der Waals surface area contributed by atoms with Gasteiger partial charge in [-0.05, 0) is 33.4 Å². The molecule has 9 heavy (non-hydrogen) atoms. The maximum Gasteiger partial charge on any atom is 0.376 e. The van der Waals surface area contributed by atoms with E-state index >= 15 is 0 Å². The van der Waals surface area contributed by atoms with Gasteiger partial charge >= 0.3 is 7.05 Å². The molecular weight excluding hydrogens is 115 g/mol. The molecule has 0 unspecified atom stereocenters. The fourth-order valence-electron chi connectivity index (χ4n) is 0.528. The highest BCUT2D eigenvalue weighted by atomic mass is 16.2. The topological polar surface area (TPSA) is 49.5 Å². The van der Waals surface area contributed by atoms with Gasteiger partial charge in [0.15, 0.2) is 0 Å². The average Bonchev–Trinajstić information content (AvgIpc) is 1.82. The molecule has 0 amide bonds. The van der Waals surface area contributed by atoms with Crippen molar-refractivity contribution in [3.63, 3.8) is 0 Å². The summed E-state index contributed by atoms with van der Waals surface area (Å²) in [6, 6.07) is 0. The van der Waals surface area contributed by atoms with Crippen LogP contribution in [0.25, 0.3) is 0 Å². The third kappa shape index (κ3) is 4.45. The second kappa shape index (κ2) is 4.79. The molecule has 0 heterocycles. The summed E-state index contributed by atoms with van der Waals surface area (Å²) in [4.78, 5) is 1.85. The summed E-state index contributed by atoms with van der Waals surface area (Å²) in [6.45, 7) is 3.31. The Morgan fingerprint density at radius 2 is 2.22 bits per heavy atom. The van der Waals surface area contributed by atoms with E-state index in [1.165, 1.54) is 0 Å². The highest BCUT2D eigenvalue weighted by Crippen LogP contribution is 1.87. The highest BCUT2D eigenvalue weighted by Gasteiger charge is 2.08. The van der Waals surface area contributed by atoms with Crippen LogP contribution in [0.5, 0.6) is 0 Å². The first kappa shape index (κ1) is 8.94. The van der Waals surface area contributed by atoms with E-state index in [9.17, 15) is 0 Å². The van der Waals surface area contributed by atoms with Crippen LogP contribution in [0.1, 0.15) is 6.42 Å². The monoisotopic (exact) mass is 130 g/mol. The fraction of sp³-hybridized carbons (Fsp3) is 1.00. The van der Waals surface area contributed by atoms with Crippen LogP contribution in [-0.2, 0) is 0 Å². The molecule has 0 aromatic rings. The summed E-state index contributed by atoms with van der Waals surface area (Å²) in [6.07, 6.45) is 0.946. The Balaban J connectivity index is 3.16. The zero-order valence-electron chi connectivity index (χ0n) is 6.17. The highest BCUT2D eigenvalue weighted by molar-refractivity contribution is 6.45. The molecule has 0 spiro atoms. The van der Waals surface area contributed by atoms with Gasteiger partial charge in [-0.3, -0.25) is 0 Å². The van der Waals surface area contributed by atoms with E-state index in [2.05, 4.69) is 0 Å². The molecule has 0 bridgehead atoms. The molecule has 4 heteroatoms. The van der Waals surface area contributed by atoms with Crippen LogP contribution in [0.2, 0.25) is 6.82 Å². The van der Waals surface area contributed by atoms with Crippen molar-refractivity contribution in [1.29, 1.82) is 0 Å². The standard InChI is InChI=1S/C5H15BN2O/c1-6(9)8(2)5-3-4-7/h9H,3-5,7H2,1-2H3. The lowest BCUT2D eigenvalue weighted by Crippen LogP contribution is -2.34. The number of hydrogen-bond donors (Lipinski definition) is 2. The van der Waals surface area contributed by atoms with Gasteiger partial charge in [-0.15, -0.1) is 0 Å². The van der Waals surface area contributed by atoms with Gasteiger partial charge in [-0.1, -0.05) is 0 Å². The first-order chi connectivity index (χ1) is 4.18. The van der Waals surface area contributed by atoms with E-state index in [-0.39, 0.29) is 7.05 Å². The van der Waals surface area contributed by atoms with E-state index in [1.807, 2.05) is 11.9 Å². The number of rotatable bonds is 4. The van der Waals surface area contributed by atoms with Crippen LogP contribution >= 0.6 is 0 Å². The predicted octanol–water partition coefficient (Wildman–Crippen LogP) is -0.623. The van der Waals surface area contributed by atoms with E-state index in [0.717, 1.165) is 13.0 Å². The lowest BCUT2D eigenvalue weighted by Gasteiger charge is -2.15. The molecule has 0 aromatic carbocycles. The molecule has 0 radical (unpaired) electrons. The molecule has 0 saturated heterocycles. The van der Waals surface area contributed by atoms with Crippen LogP contribution in [0.3, 0.4) is 0 Å². The maximum atomic E-state index is 8.93. The Hall–Kier alpha value is -0.0551. The summed E-state index contributed by atoms with van der Waals surface area (Å²) >= 11 is 0. The molecular formula is C5H15BN2O. The van der Waals surface area contributed by atoms with Crippen LogP contribution in [0.15, 0.2) is 0 Å². The summed E-state index contributed by atoms with van der Waals surface area (Å²) in [5, 5.41) is 8.93. The average molecular weight is 130 g/mol. The fourth-order valence-corrected chi connectivity index (χ4v) is 0.528. The molecule has 0 fully saturated rings. The van der Waals surface area contributed by atoms with Gasteiger partial charge in [0.2, 0.25) is 0 Å². The maximum absolute atomic E-state index is 8.93. The van der Waals surface area contributed by atoms with Crippen LogP contribution in [-0.4, -0.2) is 37.0 Å². The van der Waals surface area contributed by atoms with Crippen molar-refractivity contribution in [3.8, 4) is 0 Å². The van der Waals surface area contributed by atoms with Crippen molar-refractivity contribution in [2.45, 2.75) is 13.2 Å². The Morgan fingerprint density at radius 1 is 1.67 bits per heavy atom. The van der Waals surface area contributed by atoms with E-state index in [1.54, 1.807) is 6.82 Å². The number of nitrogens with two attached hydrogens (primary N) is 1. The third-order valence-corrected chi connectivity index (χ3v) is 1.35. The largest absolute Gasteiger partial charge is 0.437 e. The smallest absolute Gasteiger partial charge is 0.376 e. The van der Waals surface area contributed by atoms with E-state index < -0.39 is 0 Å². The van der Waals surface area contributed by atoms with Crippen LogP contribution in [0, 0.1) is 0 Å². The van der Waals surface area contributed by atoms with Gasteiger partial charge in [-0.2, -0.15) is 0 Å². The quantitative estimate of drug-likeness (QED) is 0.498. The van der Waals surface area contributed by atoms with Crippen molar-refractivity contribution in [3.05, 3.63) is 0 Å². The molecule has 0 atom stereocenters. The Morgan fingerprint density at radius 3 is 2.56 bits per heavy atom.